The van der Waals surface area contributed by atoms with Gasteiger partial charge in [0.2, 0.25) is 0 Å². The van der Waals surface area contributed by atoms with Gasteiger partial charge in [-0.15, -0.1) is 0 Å². The molecule has 1 atom stereocenters. The Morgan fingerprint density at radius 2 is 2.20 bits per heavy atom. The minimum atomic E-state index is -0.408. The number of halogens is 1. The fourth-order valence-corrected chi connectivity index (χ4v) is 2.37. The van der Waals surface area contributed by atoms with Crippen LogP contribution in [-0.4, -0.2) is 19.7 Å². The topological polar surface area (TPSA) is 89.6 Å². The predicted molar refractivity (Wildman–Crippen MR) is 77.1 cm³/mol. The van der Waals surface area contributed by atoms with Gasteiger partial charge in [0.15, 0.2) is 0 Å². The first-order chi connectivity index (χ1) is 9.59. The van der Waals surface area contributed by atoms with Crippen molar-refractivity contribution in [3.8, 4) is 5.82 Å². The maximum absolute atomic E-state index is 12.7. The van der Waals surface area contributed by atoms with Crippen molar-refractivity contribution in [3.05, 3.63) is 51.7 Å². The molecule has 0 bridgehead atoms. The summed E-state index contributed by atoms with van der Waals surface area (Å²) in [6.45, 7) is 1.77. The summed E-state index contributed by atoms with van der Waals surface area (Å²) in [4.78, 5) is 17.2. The Labute approximate surface area is 119 Å². The monoisotopic (exact) mass is 289 g/mol. The number of aromatic nitrogens is 4. The van der Waals surface area contributed by atoms with Crippen LogP contribution in [0.25, 0.3) is 16.7 Å². The van der Waals surface area contributed by atoms with Crippen LogP contribution in [0, 0.1) is 0 Å². The van der Waals surface area contributed by atoms with Crippen LogP contribution in [0.2, 0.25) is 5.02 Å². The van der Waals surface area contributed by atoms with Crippen molar-refractivity contribution in [3.63, 3.8) is 0 Å². The van der Waals surface area contributed by atoms with Crippen molar-refractivity contribution in [2.24, 2.45) is 5.73 Å². The van der Waals surface area contributed by atoms with Crippen LogP contribution in [-0.2, 0) is 0 Å². The van der Waals surface area contributed by atoms with E-state index >= 15 is 0 Å². The smallest absolute Gasteiger partial charge is 0.268 e. The zero-order valence-corrected chi connectivity index (χ0v) is 11.4. The molecular weight excluding hydrogens is 278 g/mol. The summed E-state index contributed by atoms with van der Waals surface area (Å²) < 4.78 is 1.41. The molecule has 3 rings (SSSR count). The molecule has 0 radical (unpaired) electrons. The van der Waals surface area contributed by atoms with E-state index in [2.05, 4.69) is 15.2 Å². The first-order valence-electron chi connectivity index (χ1n) is 6.06. The van der Waals surface area contributed by atoms with Crippen LogP contribution in [0.5, 0.6) is 0 Å². The van der Waals surface area contributed by atoms with Crippen LogP contribution < -0.4 is 11.3 Å². The van der Waals surface area contributed by atoms with E-state index in [-0.39, 0.29) is 5.56 Å². The molecular formula is C13H12ClN5O. The number of hydrogen-bond acceptors (Lipinski definition) is 4. The summed E-state index contributed by atoms with van der Waals surface area (Å²) >= 11 is 6.12. The molecule has 0 aliphatic rings. The molecule has 2 aromatic heterocycles. The molecule has 102 valence electrons. The minimum absolute atomic E-state index is 0.267. The molecule has 0 amide bonds. The number of benzene rings is 1. The normalized spacial score (nSPS) is 12.8. The van der Waals surface area contributed by atoms with E-state index in [1.165, 1.54) is 4.57 Å². The maximum Gasteiger partial charge on any atom is 0.268 e. The van der Waals surface area contributed by atoms with E-state index in [4.69, 9.17) is 17.3 Å². The fourth-order valence-electron chi connectivity index (χ4n) is 2.12. The first-order valence-corrected chi connectivity index (χ1v) is 6.44. The molecule has 2 heterocycles. The van der Waals surface area contributed by atoms with Gasteiger partial charge in [-0.1, -0.05) is 17.7 Å². The Morgan fingerprint density at radius 1 is 1.40 bits per heavy atom. The summed E-state index contributed by atoms with van der Waals surface area (Å²) in [5, 5.41) is 7.34. The van der Waals surface area contributed by atoms with Crippen LogP contribution in [0.4, 0.5) is 0 Å². The summed E-state index contributed by atoms with van der Waals surface area (Å²) in [5.74, 6) is 0.964. The quantitative estimate of drug-likeness (QED) is 0.752. The Balaban J connectivity index is 2.48. The van der Waals surface area contributed by atoms with Crippen molar-refractivity contribution in [2.75, 3.05) is 0 Å². The van der Waals surface area contributed by atoms with Gasteiger partial charge < -0.3 is 5.73 Å². The van der Waals surface area contributed by atoms with Crippen molar-refractivity contribution in [1.29, 1.82) is 0 Å². The van der Waals surface area contributed by atoms with E-state index < -0.39 is 6.04 Å². The number of nitrogens with one attached hydrogen (secondary N) is 1. The molecule has 0 saturated heterocycles. The third-order valence-electron chi connectivity index (χ3n) is 3.01. The summed E-state index contributed by atoms with van der Waals surface area (Å²) in [5.41, 5.74) is 6.20. The van der Waals surface area contributed by atoms with Crippen LogP contribution >= 0.6 is 11.6 Å². The second-order valence-electron chi connectivity index (χ2n) is 4.48. The van der Waals surface area contributed by atoms with Gasteiger partial charge in [-0.2, -0.15) is 5.10 Å². The van der Waals surface area contributed by atoms with E-state index in [9.17, 15) is 4.79 Å². The average Bonchev–Trinajstić information content (AvgIpc) is 2.91. The van der Waals surface area contributed by atoms with Gasteiger partial charge in [-0.25, -0.2) is 9.55 Å². The van der Waals surface area contributed by atoms with Gasteiger partial charge in [0, 0.05) is 6.07 Å². The van der Waals surface area contributed by atoms with Gasteiger partial charge in [0.25, 0.3) is 5.56 Å². The Morgan fingerprint density at radius 3 is 2.85 bits per heavy atom. The van der Waals surface area contributed by atoms with Gasteiger partial charge >= 0.3 is 0 Å². The molecule has 0 aliphatic heterocycles. The first kappa shape index (κ1) is 12.8. The molecule has 3 aromatic rings. The Bertz CT molecular complexity index is 823. The van der Waals surface area contributed by atoms with Crippen molar-refractivity contribution < 1.29 is 0 Å². The highest BCUT2D eigenvalue weighted by molar-refractivity contribution is 6.35. The second-order valence-corrected chi connectivity index (χ2v) is 4.88. The molecule has 0 fully saturated rings. The van der Waals surface area contributed by atoms with E-state index in [1.54, 1.807) is 37.4 Å². The minimum Gasteiger partial charge on any atom is -0.322 e. The molecule has 20 heavy (non-hydrogen) atoms. The zero-order chi connectivity index (χ0) is 14.3. The Kier molecular flexibility index (Phi) is 3.04. The summed E-state index contributed by atoms with van der Waals surface area (Å²) in [6.07, 6.45) is 1.56. The average molecular weight is 290 g/mol. The van der Waals surface area contributed by atoms with Gasteiger partial charge in [0.1, 0.15) is 11.6 Å². The van der Waals surface area contributed by atoms with Crippen molar-refractivity contribution in [1.82, 2.24) is 19.7 Å². The third-order valence-corrected chi connectivity index (χ3v) is 3.32. The predicted octanol–water partition coefficient (Wildman–Crippen LogP) is 1.78. The Hall–Kier alpha value is -2.18. The zero-order valence-electron chi connectivity index (χ0n) is 10.7. The molecule has 1 unspecified atom stereocenters. The highest BCUT2D eigenvalue weighted by atomic mass is 35.5. The summed E-state index contributed by atoms with van der Waals surface area (Å²) in [7, 11) is 0. The number of H-pyrrole nitrogens is 1. The van der Waals surface area contributed by atoms with Gasteiger partial charge in [-0.3, -0.25) is 9.89 Å². The lowest BCUT2D eigenvalue weighted by Gasteiger charge is -2.14. The third kappa shape index (κ3) is 1.90. The molecule has 6 nitrogen and oxygen atoms in total. The second kappa shape index (κ2) is 4.73. The fraction of sp³-hybridized carbons (Fsp3) is 0.154. The number of rotatable bonds is 2. The SMILES string of the molecule is CC(N)c1nc2cccc(Cl)c2c(=O)n1-c1ccn[nH]1. The molecule has 0 saturated carbocycles. The maximum atomic E-state index is 12.7. The van der Waals surface area contributed by atoms with Crippen LogP contribution in [0.15, 0.2) is 35.3 Å². The number of aromatic amines is 1. The standard InChI is InChI=1S/C13H12ClN5O/c1-7(15)12-17-9-4-2-3-8(14)11(9)13(20)19(12)10-5-6-16-18-10/h2-7H,15H2,1H3,(H,16,18). The highest BCUT2D eigenvalue weighted by Crippen LogP contribution is 2.21. The number of nitrogens with zero attached hydrogens (tertiary/aromatic N) is 3. The number of fused-ring (bicyclic) bond motifs is 1. The molecule has 0 aliphatic carbocycles. The molecule has 7 heteroatoms. The van der Waals surface area contributed by atoms with E-state index in [0.717, 1.165) is 0 Å². The number of nitrogens with two attached hydrogens (primary N) is 1. The van der Waals surface area contributed by atoms with Gasteiger partial charge in [0.05, 0.1) is 28.2 Å². The van der Waals surface area contributed by atoms with Crippen molar-refractivity contribution >= 4 is 22.5 Å². The molecule has 0 spiro atoms. The van der Waals surface area contributed by atoms with E-state index in [0.29, 0.717) is 27.6 Å². The largest absolute Gasteiger partial charge is 0.322 e. The molecule has 3 N–H and O–H groups in total. The lowest BCUT2D eigenvalue weighted by molar-refractivity contribution is 0.688. The summed E-state index contributed by atoms with van der Waals surface area (Å²) in [6, 6.07) is 6.43. The lowest BCUT2D eigenvalue weighted by atomic mass is 10.2. The van der Waals surface area contributed by atoms with Crippen LogP contribution in [0.3, 0.4) is 0 Å². The van der Waals surface area contributed by atoms with E-state index in [1.807, 2.05) is 0 Å². The van der Waals surface area contributed by atoms with Gasteiger partial charge in [-0.05, 0) is 19.1 Å². The van der Waals surface area contributed by atoms with Crippen molar-refractivity contribution in [2.45, 2.75) is 13.0 Å². The molecule has 1 aromatic carbocycles. The lowest BCUT2D eigenvalue weighted by Crippen LogP contribution is -2.27. The number of hydrogen-bond donors (Lipinski definition) is 2. The van der Waals surface area contributed by atoms with Crippen LogP contribution in [0.1, 0.15) is 18.8 Å². The highest BCUT2D eigenvalue weighted by Gasteiger charge is 2.17.